The molecule has 0 aliphatic rings. The Balaban J connectivity index is 1.61. The zero-order valence-electron chi connectivity index (χ0n) is 22.0. The van der Waals surface area contributed by atoms with E-state index in [0.717, 1.165) is 21.7 Å². The summed E-state index contributed by atoms with van der Waals surface area (Å²) in [5.41, 5.74) is 4.17. The molecular formula is C29H22FN5O4S2. The van der Waals surface area contributed by atoms with Crippen LogP contribution in [0.2, 0.25) is 0 Å². The first-order valence-electron chi connectivity index (χ1n) is 12.3. The highest BCUT2D eigenvalue weighted by Crippen LogP contribution is 2.42. The van der Waals surface area contributed by atoms with Gasteiger partial charge in [-0.25, -0.2) is 27.8 Å². The number of benzene rings is 3. The molecule has 0 aliphatic carbocycles. The summed E-state index contributed by atoms with van der Waals surface area (Å²) in [7, 11) is -0.705. The van der Waals surface area contributed by atoms with E-state index in [2.05, 4.69) is 20.3 Å². The number of carbonyl (C=O) groups is 1. The van der Waals surface area contributed by atoms with Gasteiger partial charge in [0.25, 0.3) is 5.91 Å². The molecule has 1 N–H and O–H groups in total. The number of fused-ring (bicyclic) bond motifs is 2. The van der Waals surface area contributed by atoms with Crippen LogP contribution in [-0.4, -0.2) is 49.6 Å². The molecule has 0 radical (unpaired) electrons. The first-order chi connectivity index (χ1) is 19.6. The highest BCUT2D eigenvalue weighted by Gasteiger charge is 2.26. The molecule has 6 rings (SSSR count). The molecule has 9 nitrogen and oxygen atoms in total. The number of carbonyl (C=O) groups excluding carboxylic acids is 1. The molecule has 41 heavy (non-hydrogen) atoms. The maximum Gasteiger partial charge on any atom is 0.255 e. The van der Waals surface area contributed by atoms with Gasteiger partial charge in [-0.05, 0) is 42.0 Å². The fraction of sp³-hybridized carbons (Fsp3) is 0.103. The molecule has 1 amide bonds. The van der Waals surface area contributed by atoms with Gasteiger partial charge in [0.2, 0.25) is 10.0 Å². The van der Waals surface area contributed by atoms with E-state index in [1.165, 1.54) is 60.3 Å². The van der Waals surface area contributed by atoms with Crippen LogP contribution in [0.3, 0.4) is 0 Å². The zero-order chi connectivity index (χ0) is 28.9. The minimum Gasteiger partial charge on any atom is -0.455 e. The number of nitrogens with one attached hydrogen (secondary N) is 1. The second-order valence-electron chi connectivity index (χ2n) is 9.30. The summed E-state index contributed by atoms with van der Waals surface area (Å²) in [6.07, 6.45) is 4.23. The Kier molecular flexibility index (Phi) is 6.51. The van der Waals surface area contributed by atoms with Crippen LogP contribution in [0.15, 0.2) is 77.6 Å². The highest BCUT2D eigenvalue weighted by atomic mass is 32.2. The number of rotatable bonds is 6. The molecule has 6 aromatic rings. The predicted molar refractivity (Wildman–Crippen MR) is 158 cm³/mol. The van der Waals surface area contributed by atoms with Gasteiger partial charge < -0.3 is 9.73 Å². The van der Waals surface area contributed by atoms with Crippen molar-refractivity contribution in [3.8, 4) is 33.0 Å². The summed E-state index contributed by atoms with van der Waals surface area (Å²) in [5, 5.41) is 3.86. The van der Waals surface area contributed by atoms with E-state index in [0.29, 0.717) is 38.9 Å². The topological polar surface area (TPSA) is 118 Å². The molecule has 3 aromatic carbocycles. The molecule has 0 saturated carbocycles. The molecule has 0 unspecified atom stereocenters. The third-order valence-electron chi connectivity index (χ3n) is 6.70. The number of sulfonamides is 1. The molecule has 0 aliphatic heterocycles. The average Bonchev–Trinajstić information content (AvgIpc) is 3.57. The van der Waals surface area contributed by atoms with Gasteiger partial charge >= 0.3 is 0 Å². The van der Waals surface area contributed by atoms with Gasteiger partial charge in [-0.1, -0.05) is 29.5 Å². The third-order valence-corrected chi connectivity index (χ3v) is 8.92. The van der Waals surface area contributed by atoms with Crippen molar-refractivity contribution in [3.05, 3.63) is 84.6 Å². The molecule has 0 spiro atoms. The normalized spacial score (nSPS) is 11.7. The maximum absolute atomic E-state index is 13.7. The van der Waals surface area contributed by atoms with Gasteiger partial charge in [0.1, 0.15) is 38.8 Å². The highest BCUT2D eigenvalue weighted by molar-refractivity contribution is 7.92. The van der Waals surface area contributed by atoms with Gasteiger partial charge in [0.15, 0.2) is 0 Å². The zero-order valence-corrected chi connectivity index (χ0v) is 23.7. The third kappa shape index (κ3) is 4.81. The van der Waals surface area contributed by atoms with E-state index in [-0.39, 0.29) is 11.3 Å². The minimum atomic E-state index is -3.67. The molecule has 0 atom stereocenters. The fourth-order valence-electron chi connectivity index (χ4n) is 4.59. The van der Waals surface area contributed by atoms with E-state index in [1.807, 2.05) is 24.3 Å². The number of thiazole rings is 1. The Hall–Kier alpha value is -4.68. The Bertz CT molecular complexity index is 2040. The lowest BCUT2D eigenvalue weighted by atomic mass is 9.97. The van der Waals surface area contributed by atoms with Gasteiger partial charge in [0.05, 0.1) is 23.7 Å². The van der Waals surface area contributed by atoms with Crippen molar-refractivity contribution in [2.24, 2.45) is 0 Å². The number of anilines is 1. The Morgan fingerprint density at radius 3 is 2.51 bits per heavy atom. The molecule has 206 valence electrons. The summed E-state index contributed by atoms with van der Waals surface area (Å²) in [6, 6.07) is 16.5. The van der Waals surface area contributed by atoms with E-state index in [1.54, 1.807) is 18.3 Å². The number of aromatic nitrogens is 3. The van der Waals surface area contributed by atoms with Crippen LogP contribution in [0.1, 0.15) is 10.4 Å². The van der Waals surface area contributed by atoms with Crippen LogP contribution in [0.5, 0.6) is 0 Å². The molecule has 3 heterocycles. The molecule has 0 saturated heterocycles. The largest absolute Gasteiger partial charge is 0.455 e. The number of halogens is 1. The lowest BCUT2D eigenvalue weighted by Gasteiger charge is -2.21. The molecule has 3 aromatic heterocycles. The summed E-state index contributed by atoms with van der Waals surface area (Å²) < 4.78 is 46.4. The van der Waals surface area contributed by atoms with Crippen molar-refractivity contribution in [2.45, 2.75) is 0 Å². The first kappa shape index (κ1) is 26.5. The van der Waals surface area contributed by atoms with Crippen molar-refractivity contribution in [3.63, 3.8) is 0 Å². The smallest absolute Gasteiger partial charge is 0.255 e. The summed E-state index contributed by atoms with van der Waals surface area (Å²) in [6.45, 7) is 0. The van der Waals surface area contributed by atoms with Crippen molar-refractivity contribution in [2.75, 3.05) is 24.7 Å². The number of furan rings is 1. The van der Waals surface area contributed by atoms with E-state index in [4.69, 9.17) is 4.42 Å². The van der Waals surface area contributed by atoms with Gasteiger partial charge in [-0.2, -0.15) is 0 Å². The first-order valence-corrected chi connectivity index (χ1v) is 15.0. The number of hydrogen-bond acceptors (Lipinski definition) is 8. The van der Waals surface area contributed by atoms with Gasteiger partial charge in [-0.15, -0.1) is 0 Å². The minimum absolute atomic E-state index is 0.244. The van der Waals surface area contributed by atoms with Gasteiger partial charge in [0, 0.05) is 42.2 Å². The van der Waals surface area contributed by atoms with Crippen LogP contribution >= 0.6 is 11.3 Å². The van der Waals surface area contributed by atoms with Crippen LogP contribution in [0.4, 0.5) is 10.1 Å². The molecule has 0 fully saturated rings. The molecule has 12 heteroatoms. The van der Waals surface area contributed by atoms with Crippen molar-refractivity contribution >= 4 is 54.3 Å². The van der Waals surface area contributed by atoms with Gasteiger partial charge in [-0.3, -0.25) is 9.10 Å². The Labute approximate surface area is 238 Å². The monoisotopic (exact) mass is 587 g/mol. The van der Waals surface area contributed by atoms with Crippen molar-refractivity contribution < 1.29 is 22.0 Å². The Morgan fingerprint density at radius 1 is 1.05 bits per heavy atom. The van der Waals surface area contributed by atoms with Crippen LogP contribution < -0.4 is 9.62 Å². The lowest BCUT2D eigenvalue weighted by Crippen LogP contribution is -2.25. The summed E-state index contributed by atoms with van der Waals surface area (Å²) >= 11 is 1.42. The second-order valence-corrected chi connectivity index (χ2v) is 12.3. The number of amides is 1. The second kappa shape index (κ2) is 10.1. The standard InChI is InChI=1S/C29H22FN5O4S2/c1-31-27(36)25-21-12-20(17-5-4-6-18(11-17)28-34-22-14-32-15-33-29(22)40-28)23(35(2)41(3,37)38)13-24(21)39-26(25)16-7-9-19(30)10-8-16/h4-15H,1-3H3,(H,31,36). The fourth-order valence-corrected chi connectivity index (χ4v) is 5.97. The SMILES string of the molecule is CNC(=O)c1c(-c2ccc(F)cc2)oc2cc(N(C)S(C)(=O)=O)c(-c3cccc(-c4nc5cncnc5s4)c3)cc12. The predicted octanol–water partition coefficient (Wildman–Crippen LogP) is 5.73. The molecule has 0 bridgehead atoms. The van der Waals surface area contributed by atoms with Crippen LogP contribution in [-0.2, 0) is 10.0 Å². The van der Waals surface area contributed by atoms with E-state index < -0.39 is 21.7 Å². The summed E-state index contributed by atoms with van der Waals surface area (Å²) in [4.78, 5) is 26.8. The molecular weight excluding hydrogens is 565 g/mol. The van der Waals surface area contributed by atoms with Crippen molar-refractivity contribution in [1.29, 1.82) is 0 Å². The number of nitrogens with zero attached hydrogens (tertiary/aromatic N) is 4. The number of hydrogen-bond donors (Lipinski definition) is 1. The van der Waals surface area contributed by atoms with E-state index in [9.17, 15) is 17.6 Å². The maximum atomic E-state index is 13.7. The van der Waals surface area contributed by atoms with Crippen LogP contribution in [0.25, 0.3) is 54.3 Å². The lowest BCUT2D eigenvalue weighted by molar-refractivity contribution is 0.0964. The average molecular weight is 588 g/mol. The summed E-state index contributed by atoms with van der Waals surface area (Å²) in [5.74, 6) is -0.581. The van der Waals surface area contributed by atoms with Crippen molar-refractivity contribution in [1.82, 2.24) is 20.3 Å². The van der Waals surface area contributed by atoms with E-state index >= 15 is 0 Å². The van der Waals surface area contributed by atoms with Crippen LogP contribution in [0, 0.1) is 5.82 Å². The Morgan fingerprint density at radius 2 is 1.80 bits per heavy atom. The quantitative estimate of drug-likeness (QED) is 0.264.